The molecule has 1 spiro atoms. The van der Waals surface area contributed by atoms with Crippen LogP contribution in [-0.2, 0) is 28.7 Å². The number of hydrogen-bond donors (Lipinski definition) is 2. The molecule has 53 heavy (non-hydrogen) atoms. The Labute approximate surface area is 321 Å². The van der Waals surface area contributed by atoms with Crippen LogP contribution in [0, 0.1) is 11.8 Å². The number of aliphatic hydroxyl groups excluding tert-OH is 1. The molecule has 3 aliphatic heterocycles. The number of aliphatic hydroxyl groups is 1. The predicted octanol–water partition coefficient (Wildman–Crippen LogP) is 5.33. The number of hydrogen-bond acceptors (Lipinski definition) is 8. The third kappa shape index (κ3) is 8.10. The van der Waals surface area contributed by atoms with Gasteiger partial charge in [0.1, 0.15) is 17.7 Å². The molecule has 0 aliphatic carbocycles. The smallest absolute Gasteiger partial charge is 0.313 e. The van der Waals surface area contributed by atoms with Crippen LogP contribution >= 0.6 is 15.9 Å². The van der Waals surface area contributed by atoms with Gasteiger partial charge in [0, 0.05) is 55.4 Å². The Morgan fingerprint density at radius 2 is 1.75 bits per heavy atom. The highest BCUT2D eigenvalue weighted by Crippen LogP contribution is 2.60. The Morgan fingerprint density at radius 3 is 2.38 bits per heavy atom. The summed E-state index contributed by atoms with van der Waals surface area (Å²) >= 11 is 3.75. The molecular formula is C41H53BrN4O7. The molecule has 1 unspecified atom stereocenters. The summed E-state index contributed by atoms with van der Waals surface area (Å²) in [5.74, 6) is -3.47. The summed E-state index contributed by atoms with van der Waals surface area (Å²) in [4.78, 5) is 61.9. The van der Waals surface area contributed by atoms with E-state index in [1.54, 1.807) is 28.9 Å². The van der Waals surface area contributed by atoms with Gasteiger partial charge in [0.15, 0.2) is 0 Å². The van der Waals surface area contributed by atoms with Crippen molar-refractivity contribution in [1.82, 2.24) is 10.2 Å². The number of fused-ring (bicyclic) bond motifs is 1. The van der Waals surface area contributed by atoms with Gasteiger partial charge in [-0.05, 0) is 76.3 Å². The van der Waals surface area contributed by atoms with E-state index in [0.717, 1.165) is 18.8 Å². The molecule has 3 amide bonds. The molecule has 2 aromatic rings. The highest BCUT2D eigenvalue weighted by molar-refractivity contribution is 9.09. The van der Waals surface area contributed by atoms with Crippen molar-refractivity contribution in [2.45, 2.75) is 87.6 Å². The van der Waals surface area contributed by atoms with Gasteiger partial charge in [-0.15, -0.1) is 13.2 Å². The minimum Gasteiger partial charge on any atom is -0.455 e. The monoisotopic (exact) mass is 792 g/mol. The number of rotatable bonds is 19. The van der Waals surface area contributed by atoms with Crippen molar-refractivity contribution in [1.29, 1.82) is 0 Å². The summed E-state index contributed by atoms with van der Waals surface area (Å²) in [6, 6.07) is 15.3. The Hall–Kier alpha value is -4.00. The molecule has 2 bridgehead atoms. The Balaban J connectivity index is 1.49. The number of carbonyl (C=O) groups is 4. The topological polar surface area (TPSA) is 129 Å². The van der Waals surface area contributed by atoms with Crippen molar-refractivity contribution in [3.05, 3.63) is 85.5 Å². The lowest BCUT2D eigenvalue weighted by Crippen LogP contribution is -2.57. The second-order valence-electron chi connectivity index (χ2n) is 14.0. The Morgan fingerprint density at radius 1 is 1.08 bits per heavy atom. The van der Waals surface area contributed by atoms with Crippen LogP contribution in [0.15, 0.2) is 79.9 Å². The van der Waals surface area contributed by atoms with Crippen LogP contribution in [0.5, 0.6) is 0 Å². The summed E-state index contributed by atoms with van der Waals surface area (Å²) in [5, 5.41) is 12.6. The zero-order valence-corrected chi connectivity index (χ0v) is 32.6. The highest BCUT2D eigenvalue weighted by Gasteiger charge is 2.77. The summed E-state index contributed by atoms with van der Waals surface area (Å²) in [6.07, 6.45) is 3.75. The standard InChI is InChI=1S/C41H53BrN4O7/c1-6-10-18-32(48)43-27(5)35(28-16-12-11-13-17-28)52-40(51)33-34-38(49)46(24-14-15-25-47)37(41(34)26-31(42)36(33)53-41)39(50)45(23-7-2)30-21-19-29(20-22-30)44(8-3)9-4/h6-7,11-13,16-17,19-22,27,31,33-37,47H,1-2,8-10,14-15,18,23-26H2,3-5H3,(H,43,48)/t27-,31?,33-,34+,35-,36-,37-,41+/m0/s1. The number of allylic oxidation sites excluding steroid dienone is 1. The fourth-order valence-electron chi connectivity index (χ4n) is 8.28. The first-order chi connectivity index (χ1) is 25.6. The number of amides is 3. The summed E-state index contributed by atoms with van der Waals surface area (Å²) < 4.78 is 13.0. The zero-order chi connectivity index (χ0) is 38.3. The molecule has 286 valence electrons. The molecule has 3 saturated heterocycles. The number of esters is 1. The minimum absolute atomic E-state index is 0.0587. The minimum atomic E-state index is -1.30. The maximum Gasteiger partial charge on any atom is 0.313 e. The molecule has 8 atom stereocenters. The van der Waals surface area contributed by atoms with Gasteiger partial charge < -0.3 is 34.6 Å². The van der Waals surface area contributed by atoms with Gasteiger partial charge in [-0.25, -0.2) is 0 Å². The molecule has 3 fully saturated rings. The third-order valence-corrected chi connectivity index (χ3v) is 11.6. The van der Waals surface area contributed by atoms with Crippen molar-refractivity contribution in [2.24, 2.45) is 11.8 Å². The van der Waals surface area contributed by atoms with Crippen LogP contribution in [0.1, 0.15) is 64.5 Å². The lowest BCUT2D eigenvalue weighted by molar-refractivity contribution is -0.162. The number of halogens is 1. The molecule has 11 nitrogen and oxygen atoms in total. The number of ether oxygens (including phenoxy) is 2. The van der Waals surface area contributed by atoms with Gasteiger partial charge in [-0.3, -0.25) is 19.2 Å². The van der Waals surface area contributed by atoms with Crippen molar-refractivity contribution in [3.63, 3.8) is 0 Å². The summed E-state index contributed by atoms with van der Waals surface area (Å²) in [5.41, 5.74) is 1.08. The Bertz CT molecular complexity index is 1620. The van der Waals surface area contributed by atoms with E-state index in [1.165, 1.54) is 0 Å². The number of nitrogens with one attached hydrogen (secondary N) is 1. The van der Waals surface area contributed by atoms with Gasteiger partial charge in [0.2, 0.25) is 11.8 Å². The fourth-order valence-corrected chi connectivity index (χ4v) is 9.23. The first-order valence-corrected chi connectivity index (χ1v) is 19.6. The molecule has 0 aromatic heterocycles. The zero-order valence-electron chi connectivity index (χ0n) is 31.0. The van der Waals surface area contributed by atoms with E-state index in [9.17, 15) is 24.3 Å². The van der Waals surface area contributed by atoms with Crippen molar-refractivity contribution < 1.29 is 33.8 Å². The molecular weight excluding hydrogens is 740 g/mol. The third-order valence-electron chi connectivity index (χ3n) is 10.8. The van der Waals surface area contributed by atoms with E-state index >= 15 is 0 Å². The molecule has 3 heterocycles. The molecule has 12 heteroatoms. The molecule has 0 saturated carbocycles. The highest BCUT2D eigenvalue weighted by atomic mass is 79.9. The van der Waals surface area contributed by atoms with E-state index in [0.29, 0.717) is 36.9 Å². The number of anilines is 2. The number of alkyl halides is 1. The van der Waals surface area contributed by atoms with E-state index in [-0.39, 0.29) is 48.7 Å². The van der Waals surface area contributed by atoms with Crippen molar-refractivity contribution >= 4 is 51.0 Å². The van der Waals surface area contributed by atoms with E-state index in [1.807, 2.05) is 54.6 Å². The average Bonchev–Trinajstić information content (AvgIpc) is 3.75. The van der Waals surface area contributed by atoms with Crippen LogP contribution in [0.3, 0.4) is 0 Å². The van der Waals surface area contributed by atoms with Gasteiger partial charge in [0.05, 0.1) is 24.0 Å². The fraction of sp³-hybridized carbons (Fsp3) is 0.512. The molecule has 3 aliphatic rings. The summed E-state index contributed by atoms with van der Waals surface area (Å²) in [7, 11) is 0. The quantitative estimate of drug-likeness (QED) is 0.0847. The number of likely N-dealkylation sites (tertiary alicyclic amines) is 1. The van der Waals surface area contributed by atoms with Crippen LogP contribution in [0.4, 0.5) is 11.4 Å². The summed E-state index contributed by atoms with van der Waals surface area (Å²) in [6.45, 7) is 15.6. The lowest BCUT2D eigenvalue weighted by Gasteiger charge is -2.37. The van der Waals surface area contributed by atoms with Crippen LogP contribution in [0.25, 0.3) is 0 Å². The normalized spacial score (nSPS) is 25.3. The first-order valence-electron chi connectivity index (χ1n) is 18.7. The number of benzene rings is 2. The van der Waals surface area contributed by atoms with Crippen LogP contribution in [0.2, 0.25) is 0 Å². The maximum atomic E-state index is 15.0. The second-order valence-corrected chi connectivity index (χ2v) is 15.2. The molecule has 0 radical (unpaired) electrons. The van der Waals surface area contributed by atoms with Crippen molar-refractivity contribution in [2.75, 3.05) is 42.6 Å². The number of nitrogens with zero attached hydrogens (tertiary/aromatic N) is 3. The lowest BCUT2D eigenvalue weighted by atomic mass is 9.70. The van der Waals surface area contributed by atoms with Gasteiger partial charge in [0.25, 0.3) is 5.91 Å². The first kappa shape index (κ1) is 40.2. The SMILES string of the molecule is C=CCCC(=O)N[C@@H](C)[C@H](OC(=O)[C@@H]1[C@H]2O[C@@]3(CC2Br)[C@H](C(=O)N(CC=C)c2ccc(N(CC)CC)cc2)N(CCCCO)C(=O)[C@@H]13)c1ccccc1. The molecule has 5 rings (SSSR count). The van der Waals surface area contributed by atoms with Gasteiger partial charge in [-0.1, -0.05) is 58.4 Å². The van der Waals surface area contributed by atoms with Gasteiger partial charge >= 0.3 is 5.97 Å². The number of unbranched alkanes of at least 4 members (excludes halogenated alkanes) is 1. The number of carbonyl (C=O) groups excluding carboxylic acids is 4. The average molecular weight is 794 g/mol. The van der Waals surface area contributed by atoms with E-state index in [2.05, 4.69) is 53.2 Å². The Kier molecular flexibility index (Phi) is 13.6. The molecule has 2 aromatic carbocycles. The van der Waals surface area contributed by atoms with Crippen LogP contribution < -0.4 is 15.1 Å². The van der Waals surface area contributed by atoms with Crippen LogP contribution in [-0.4, -0.2) is 95.1 Å². The molecule has 2 N–H and O–H groups in total. The van der Waals surface area contributed by atoms with Crippen molar-refractivity contribution in [3.8, 4) is 0 Å². The maximum absolute atomic E-state index is 15.0. The largest absolute Gasteiger partial charge is 0.455 e. The predicted molar refractivity (Wildman–Crippen MR) is 209 cm³/mol. The van der Waals surface area contributed by atoms with E-state index < -0.39 is 47.7 Å². The van der Waals surface area contributed by atoms with Gasteiger partial charge in [-0.2, -0.15) is 0 Å². The second kappa shape index (κ2) is 17.9. The van der Waals surface area contributed by atoms with E-state index in [4.69, 9.17) is 9.47 Å².